The fourth-order valence-electron chi connectivity index (χ4n) is 5.09. The van der Waals surface area contributed by atoms with E-state index < -0.39 is 0 Å². The normalized spacial score (nSPS) is 26.3. The zero-order valence-corrected chi connectivity index (χ0v) is 18.5. The van der Waals surface area contributed by atoms with E-state index in [2.05, 4.69) is 49.8 Å². The Kier molecular flexibility index (Phi) is 5.63. The van der Waals surface area contributed by atoms with E-state index in [9.17, 15) is 0 Å². The monoisotopic (exact) mass is 386 g/mol. The van der Waals surface area contributed by atoms with Crippen LogP contribution in [0.1, 0.15) is 63.6 Å². The molecule has 1 saturated carbocycles. The first-order valence-electron chi connectivity index (χ1n) is 11.1. The van der Waals surface area contributed by atoms with Crippen LogP contribution in [-0.4, -0.2) is 56.2 Å². The SMILES string of the molecule is COc1cc2c(cc1OCC1CCC1)CCN1C[C@@H](CC(C)(C)C)N(C)CC21. The first-order chi connectivity index (χ1) is 13.3. The van der Waals surface area contributed by atoms with E-state index in [0.29, 0.717) is 17.5 Å². The molecule has 1 unspecified atom stereocenters. The molecule has 0 amide bonds. The number of methoxy groups -OCH3 is 1. The summed E-state index contributed by atoms with van der Waals surface area (Å²) in [5.74, 6) is 2.58. The maximum Gasteiger partial charge on any atom is 0.161 e. The van der Waals surface area contributed by atoms with Gasteiger partial charge in [0, 0.05) is 31.7 Å². The summed E-state index contributed by atoms with van der Waals surface area (Å²) in [7, 11) is 4.07. The minimum Gasteiger partial charge on any atom is -0.493 e. The van der Waals surface area contributed by atoms with E-state index in [-0.39, 0.29) is 0 Å². The standard InChI is InChI=1S/C24H38N2O2/c1-24(2,3)13-19-14-26-10-9-18-11-23(28-16-17-7-6-8-17)22(27-5)12-20(18)21(26)15-25(19)4/h11-12,17,19,21H,6-10,13-16H2,1-5H3/t19-,21?/m1/s1. The van der Waals surface area contributed by atoms with Gasteiger partial charge in [0.05, 0.1) is 13.7 Å². The molecule has 2 atom stereocenters. The highest BCUT2D eigenvalue weighted by atomic mass is 16.5. The van der Waals surface area contributed by atoms with E-state index in [1.807, 2.05) is 0 Å². The fraction of sp³-hybridized carbons (Fsp3) is 0.750. The Morgan fingerprint density at radius 1 is 1.11 bits per heavy atom. The first kappa shape index (κ1) is 20.0. The predicted molar refractivity (Wildman–Crippen MR) is 114 cm³/mol. The van der Waals surface area contributed by atoms with Crippen LogP contribution in [0.3, 0.4) is 0 Å². The minimum absolute atomic E-state index is 0.370. The van der Waals surface area contributed by atoms with E-state index in [1.54, 1.807) is 7.11 Å². The molecule has 2 heterocycles. The molecule has 1 saturated heterocycles. The van der Waals surface area contributed by atoms with Crippen LogP contribution >= 0.6 is 0 Å². The van der Waals surface area contributed by atoms with Crippen LogP contribution in [0.25, 0.3) is 0 Å². The van der Waals surface area contributed by atoms with Crippen molar-refractivity contribution < 1.29 is 9.47 Å². The largest absolute Gasteiger partial charge is 0.493 e. The van der Waals surface area contributed by atoms with Crippen LogP contribution < -0.4 is 9.47 Å². The molecule has 2 fully saturated rings. The molecule has 4 rings (SSSR count). The number of rotatable bonds is 5. The average Bonchev–Trinajstić information content (AvgIpc) is 2.59. The molecular formula is C24H38N2O2. The van der Waals surface area contributed by atoms with Crippen molar-refractivity contribution in [1.82, 2.24) is 9.80 Å². The van der Waals surface area contributed by atoms with Crippen molar-refractivity contribution >= 4 is 0 Å². The fourth-order valence-corrected chi connectivity index (χ4v) is 5.09. The number of benzene rings is 1. The van der Waals surface area contributed by atoms with Crippen molar-refractivity contribution in [3.05, 3.63) is 23.3 Å². The Morgan fingerprint density at radius 2 is 1.89 bits per heavy atom. The summed E-state index contributed by atoms with van der Waals surface area (Å²) in [5, 5.41) is 0. The number of ether oxygens (including phenoxy) is 2. The van der Waals surface area contributed by atoms with Crippen LogP contribution in [0, 0.1) is 11.3 Å². The molecule has 4 heteroatoms. The van der Waals surface area contributed by atoms with Gasteiger partial charge in [-0.1, -0.05) is 27.2 Å². The summed E-state index contributed by atoms with van der Waals surface area (Å²) >= 11 is 0. The topological polar surface area (TPSA) is 24.9 Å². The average molecular weight is 387 g/mol. The molecule has 0 spiro atoms. The third kappa shape index (κ3) is 4.18. The summed E-state index contributed by atoms with van der Waals surface area (Å²) in [5.41, 5.74) is 3.27. The second-order valence-corrected chi connectivity index (χ2v) is 10.4. The van der Waals surface area contributed by atoms with E-state index >= 15 is 0 Å². The van der Waals surface area contributed by atoms with Gasteiger partial charge in [0.2, 0.25) is 0 Å². The maximum atomic E-state index is 6.18. The lowest BCUT2D eigenvalue weighted by Gasteiger charge is -2.49. The Hall–Kier alpha value is -1.26. The second kappa shape index (κ2) is 7.87. The first-order valence-corrected chi connectivity index (χ1v) is 11.1. The molecule has 3 aliphatic rings. The highest BCUT2D eigenvalue weighted by molar-refractivity contribution is 5.49. The van der Waals surface area contributed by atoms with Gasteiger partial charge in [-0.25, -0.2) is 0 Å². The molecule has 0 bridgehead atoms. The highest BCUT2D eigenvalue weighted by Gasteiger charge is 2.38. The second-order valence-electron chi connectivity index (χ2n) is 10.4. The molecule has 0 aromatic heterocycles. The van der Waals surface area contributed by atoms with Gasteiger partial charge in [0.1, 0.15) is 0 Å². The molecule has 156 valence electrons. The molecule has 1 aromatic carbocycles. The quantitative estimate of drug-likeness (QED) is 0.743. The molecule has 0 radical (unpaired) electrons. The Balaban J connectivity index is 1.52. The van der Waals surface area contributed by atoms with Crippen molar-refractivity contribution in [3.63, 3.8) is 0 Å². The molecule has 28 heavy (non-hydrogen) atoms. The number of nitrogens with zero attached hydrogens (tertiary/aromatic N) is 2. The number of likely N-dealkylation sites (N-methyl/N-ethyl adjacent to an activating group) is 1. The third-order valence-electron chi connectivity index (χ3n) is 6.97. The number of piperazine rings is 1. The van der Waals surface area contributed by atoms with Crippen LogP contribution in [0.15, 0.2) is 12.1 Å². The van der Waals surface area contributed by atoms with Gasteiger partial charge in [-0.15, -0.1) is 0 Å². The van der Waals surface area contributed by atoms with Crippen molar-refractivity contribution in [2.45, 2.75) is 65.0 Å². The van der Waals surface area contributed by atoms with Gasteiger partial charge in [0.15, 0.2) is 11.5 Å². The molecule has 1 aromatic rings. The van der Waals surface area contributed by atoms with Gasteiger partial charge in [-0.2, -0.15) is 0 Å². The zero-order valence-electron chi connectivity index (χ0n) is 18.5. The Labute approximate surface area is 171 Å². The Bertz CT molecular complexity index is 693. The molecular weight excluding hydrogens is 348 g/mol. The minimum atomic E-state index is 0.370. The van der Waals surface area contributed by atoms with E-state index in [0.717, 1.165) is 43.5 Å². The lowest BCUT2D eigenvalue weighted by Crippen LogP contribution is -2.55. The summed E-state index contributed by atoms with van der Waals surface area (Å²) in [4.78, 5) is 5.28. The zero-order chi connectivity index (χ0) is 19.9. The summed E-state index contributed by atoms with van der Waals surface area (Å²) in [6.07, 6.45) is 6.34. The van der Waals surface area contributed by atoms with Crippen molar-refractivity contribution in [1.29, 1.82) is 0 Å². The maximum absolute atomic E-state index is 6.18. The van der Waals surface area contributed by atoms with Gasteiger partial charge in [-0.3, -0.25) is 4.90 Å². The lowest BCUT2D eigenvalue weighted by atomic mass is 9.84. The molecule has 0 N–H and O–H groups in total. The van der Waals surface area contributed by atoms with Crippen molar-refractivity contribution in [2.75, 3.05) is 40.4 Å². The van der Waals surface area contributed by atoms with Gasteiger partial charge in [0.25, 0.3) is 0 Å². The van der Waals surface area contributed by atoms with Crippen LogP contribution in [-0.2, 0) is 6.42 Å². The van der Waals surface area contributed by atoms with E-state index in [4.69, 9.17) is 9.47 Å². The van der Waals surface area contributed by atoms with Crippen LogP contribution in [0.2, 0.25) is 0 Å². The number of hydrogen-bond donors (Lipinski definition) is 0. The van der Waals surface area contributed by atoms with Crippen LogP contribution in [0.5, 0.6) is 11.5 Å². The predicted octanol–water partition coefficient (Wildman–Crippen LogP) is 4.52. The highest BCUT2D eigenvalue weighted by Crippen LogP contribution is 2.41. The third-order valence-corrected chi connectivity index (χ3v) is 6.97. The molecule has 2 aliphatic heterocycles. The van der Waals surface area contributed by atoms with Crippen molar-refractivity contribution in [3.8, 4) is 11.5 Å². The van der Waals surface area contributed by atoms with Gasteiger partial charge >= 0.3 is 0 Å². The number of fused-ring (bicyclic) bond motifs is 3. The summed E-state index contributed by atoms with van der Waals surface area (Å²) in [6, 6.07) is 5.65. The van der Waals surface area contributed by atoms with Crippen LogP contribution in [0.4, 0.5) is 0 Å². The van der Waals surface area contributed by atoms with Gasteiger partial charge < -0.3 is 14.4 Å². The molecule has 4 nitrogen and oxygen atoms in total. The van der Waals surface area contributed by atoms with Gasteiger partial charge in [-0.05, 0) is 67.3 Å². The van der Waals surface area contributed by atoms with E-state index in [1.165, 1.54) is 43.4 Å². The number of hydrogen-bond acceptors (Lipinski definition) is 4. The molecule has 1 aliphatic carbocycles. The lowest BCUT2D eigenvalue weighted by molar-refractivity contribution is 0.0213. The smallest absolute Gasteiger partial charge is 0.161 e. The van der Waals surface area contributed by atoms with Crippen molar-refractivity contribution in [2.24, 2.45) is 11.3 Å². The summed E-state index contributed by atoms with van der Waals surface area (Å²) in [6.45, 7) is 11.3. The Morgan fingerprint density at radius 3 is 2.54 bits per heavy atom. The summed E-state index contributed by atoms with van der Waals surface area (Å²) < 4.78 is 11.9.